The maximum absolute atomic E-state index is 4.18. The van der Waals surface area contributed by atoms with Crippen molar-refractivity contribution in [2.75, 3.05) is 4.90 Å². The van der Waals surface area contributed by atoms with Crippen LogP contribution in [0.5, 0.6) is 0 Å². The molecule has 2 rings (SSSR count). The summed E-state index contributed by atoms with van der Waals surface area (Å²) >= 11 is 0. The van der Waals surface area contributed by atoms with Gasteiger partial charge in [-0.3, -0.25) is 0 Å². The second-order valence-electron chi connectivity index (χ2n) is 3.74. The van der Waals surface area contributed by atoms with Crippen molar-refractivity contribution in [2.45, 2.75) is 19.9 Å². The molecule has 1 aromatic carbocycles. The van der Waals surface area contributed by atoms with E-state index in [4.69, 9.17) is 0 Å². The minimum atomic E-state index is 0.296. The standard InChI is InChI=1S/C12H14N4/c1-10(2)16(11-6-4-3-5-7-11)12-14-8-13-9-15-12/h3-10H,1-2H3. The van der Waals surface area contributed by atoms with Gasteiger partial charge in [-0.2, -0.15) is 0 Å². The molecule has 0 N–H and O–H groups in total. The molecule has 0 aliphatic carbocycles. The Bertz CT molecular complexity index is 388. The lowest BCUT2D eigenvalue weighted by atomic mass is 10.2. The van der Waals surface area contributed by atoms with Gasteiger partial charge in [-0.15, -0.1) is 0 Å². The van der Waals surface area contributed by atoms with Crippen LogP contribution in [-0.4, -0.2) is 21.0 Å². The van der Waals surface area contributed by atoms with E-state index in [0.29, 0.717) is 12.0 Å². The molecule has 0 aliphatic heterocycles. The molecular formula is C12H14N4. The quantitative estimate of drug-likeness (QED) is 0.786. The average molecular weight is 214 g/mol. The van der Waals surface area contributed by atoms with Gasteiger partial charge in [0.05, 0.1) is 0 Å². The van der Waals surface area contributed by atoms with Crippen LogP contribution < -0.4 is 4.90 Å². The third kappa shape index (κ3) is 2.16. The summed E-state index contributed by atoms with van der Waals surface area (Å²) < 4.78 is 0. The van der Waals surface area contributed by atoms with Crippen molar-refractivity contribution < 1.29 is 0 Å². The Morgan fingerprint density at radius 2 is 1.62 bits per heavy atom. The van der Waals surface area contributed by atoms with E-state index in [9.17, 15) is 0 Å². The first-order valence-corrected chi connectivity index (χ1v) is 5.25. The second kappa shape index (κ2) is 4.70. The highest BCUT2D eigenvalue weighted by molar-refractivity contribution is 5.57. The minimum absolute atomic E-state index is 0.296. The van der Waals surface area contributed by atoms with Crippen molar-refractivity contribution >= 4 is 11.6 Å². The summed E-state index contributed by atoms with van der Waals surface area (Å²) in [5.74, 6) is 0.677. The Morgan fingerprint density at radius 1 is 1.00 bits per heavy atom. The van der Waals surface area contributed by atoms with Crippen LogP contribution in [0.2, 0.25) is 0 Å². The van der Waals surface area contributed by atoms with Crippen molar-refractivity contribution in [2.24, 2.45) is 0 Å². The Balaban J connectivity index is 2.40. The zero-order valence-corrected chi connectivity index (χ0v) is 9.41. The van der Waals surface area contributed by atoms with Crippen LogP contribution in [0.1, 0.15) is 13.8 Å². The van der Waals surface area contributed by atoms with Crippen molar-refractivity contribution in [3.8, 4) is 0 Å². The number of aromatic nitrogens is 3. The Morgan fingerprint density at radius 3 is 2.19 bits per heavy atom. The fourth-order valence-corrected chi connectivity index (χ4v) is 1.59. The summed E-state index contributed by atoms with van der Waals surface area (Å²) in [7, 11) is 0. The summed E-state index contributed by atoms with van der Waals surface area (Å²) in [6.45, 7) is 4.22. The van der Waals surface area contributed by atoms with Gasteiger partial charge in [0.25, 0.3) is 0 Å². The first kappa shape index (κ1) is 10.5. The smallest absolute Gasteiger partial charge is 0.233 e. The molecule has 0 atom stereocenters. The van der Waals surface area contributed by atoms with E-state index in [0.717, 1.165) is 5.69 Å². The highest BCUT2D eigenvalue weighted by atomic mass is 15.3. The second-order valence-corrected chi connectivity index (χ2v) is 3.74. The zero-order valence-electron chi connectivity index (χ0n) is 9.41. The third-order valence-corrected chi connectivity index (χ3v) is 2.25. The average Bonchev–Trinajstić information content (AvgIpc) is 2.31. The van der Waals surface area contributed by atoms with E-state index in [-0.39, 0.29) is 0 Å². The molecule has 0 radical (unpaired) electrons. The van der Waals surface area contributed by atoms with E-state index >= 15 is 0 Å². The molecule has 4 nitrogen and oxygen atoms in total. The molecule has 0 fully saturated rings. The summed E-state index contributed by atoms with van der Waals surface area (Å²) in [4.78, 5) is 14.3. The molecule has 0 bridgehead atoms. The lowest BCUT2D eigenvalue weighted by Gasteiger charge is -2.26. The normalized spacial score (nSPS) is 10.4. The van der Waals surface area contributed by atoms with Crippen molar-refractivity contribution in [1.82, 2.24) is 15.0 Å². The van der Waals surface area contributed by atoms with Gasteiger partial charge in [-0.1, -0.05) is 18.2 Å². The number of para-hydroxylation sites is 1. The van der Waals surface area contributed by atoms with Crippen molar-refractivity contribution in [3.05, 3.63) is 43.0 Å². The molecule has 1 aromatic heterocycles. The Hall–Kier alpha value is -1.97. The predicted molar refractivity (Wildman–Crippen MR) is 63.5 cm³/mol. The van der Waals surface area contributed by atoms with Gasteiger partial charge in [0.15, 0.2) is 0 Å². The number of hydrogen-bond acceptors (Lipinski definition) is 4. The van der Waals surface area contributed by atoms with Gasteiger partial charge < -0.3 is 4.90 Å². The van der Waals surface area contributed by atoms with E-state index in [1.54, 1.807) is 0 Å². The SMILES string of the molecule is CC(C)N(c1ccccc1)c1ncncn1. The van der Waals surface area contributed by atoms with E-state index in [2.05, 4.69) is 33.7 Å². The minimum Gasteiger partial charge on any atom is -0.308 e. The van der Waals surface area contributed by atoms with E-state index < -0.39 is 0 Å². The van der Waals surface area contributed by atoms with Gasteiger partial charge in [0, 0.05) is 11.7 Å². The number of nitrogens with zero attached hydrogens (tertiary/aromatic N) is 4. The molecule has 0 unspecified atom stereocenters. The lowest BCUT2D eigenvalue weighted by Crippen LogP contribution is -2.27. The highest BCUT2D eigenvalue weighted by Gasteiger charge is 2.14. The Labute approximate surface area is 95.0 Å². The molecule has 0 amide bonds. The van der Waals surface area contributed by atoms with Gasteiger partial charge in [-0.25, -0.2) is 15.0 Å². The summed E-state index contributed by atoms with van der Waals surface area (Å²) in [6, 6.07) is 10.4. The van der Waals surface area contributed by atoms with Crippen LogP contribution in [0.15, 0.2) is 43.0 Å². The van der Waals surface area contributed by atoms with Gasteiger partial charge >= 0.3 is 0 Å². The predicted octanol–water partition coefficient (Wildman–Crippen LogP) is 2.42. The molecule has 0 saturated heterocycles. The fraction of sp³-hybridized carbons (Fsp3) is 0.250. The van der Waals surface area contributed by atoms with Crippen LogP contribution in [0.4, 0.5) is 11.6 Å². The number of hydrogen-bond donors (Lipinski definition) is 0. The third-order valence-electron chi connectivity index (χ3n) is 2.25. The van der Waals surface area contributed by atoms with Crippen LogP contribution in [0, 0.1) is 0 Å². The summed E-state index contributed by atoms with van der Waals surface area (Å²) in [5.41, 5.74) is 1.09. The molecule has 82 valence electrons. The van der Waals surface area contributed by atoms with Gasteiger partial charge in [0.1, 0.15) is 12.7 Å². The van der Waals surface area contributed by atoms with Crippen molar-refractivity contribution in [1.29, 1.82) is 0 Å². The van der Waals surface area contributed by atoms with Crippen LogP contribution in [0.25, 0.3) is 0 Å². The zero-order chi connectivity index (χ0) is 11.4. The monoisotopic (exact) mass is 214 g/mol. The van der Waals surface area contributed by atoms with Crippen LogP contribution >= 0.6 is 0 Å². The molecule has 1 heterocycles. The van der Waals surface area contributed by atoms with Crippen LogP contribution in [0.3, 0.4) is 0 Å². The molecule has 4 heteroatoms. The maximum atomic E-state index is 4.18. The molecule has 16 heavy (non-hydrogen) atoms. The maximum Gasteiger partial charge on any atom is 0.233 e. The summed E-state index contributed by atoms with van der Waals surface area (Å²) in [5, 5.41) is 0. The number of rotatable bonds is 3. The number of benzene rings is 1. The van der Waals surface area contributed by atoms with E-state index in [1.807, 2.05) is 30.3 Å². The molecule has 0 aliphatic rings. The van der Waals surface area contributed by atoms with E-state index in [1.165, 1.54) is 12.7 Å². The molecular weight excluding hydrogens is 200 g/mol. The topological polar surface area (TPSA) is 41.9 Å². The molecule has 0 saturated carbocycles. The molecule has 0 spiro atoms. The fourth-order valence-electron chi connectivity index (χ4n) is 1.59. The summed E-state index contributed by atoms with van der Waals surface area (Å²) in [6.07, 6.45) is 3.03. The largest absolute Gasteiger partial charge is 0.308 e. The van der Waals surface area contributed by atoms with Gasteiger partial charge in [0.2, 0.25) is 5.95 Å². The van der Waals surface area contributed by atoms with Gasteiger partial charge in [-0.05, 0) is 26.0 Å². The highest BCUT2D eigenvalue weighted by Crippen LogP contribution is 2.23. The van der Waals surface area contributed by atoms with Crippen LogP contribution in [-0.2, 0) is 0 Å². The van der Waals surface area contributed by atoms with Crippen molar-refractivity contribution in [3.63, 3.8) is 0 Å². The Kier molecular flexibility index (Phi) is 3.10. The lowest BCUT2D eigenvalue weighted by molar-refractivity contribution is 0.758. The first-order valence-electron chi connectivity index (χ1n) is 5.25. The first-order chi connectivity index (χ1) is 7.79. The number of anilines is 2. The molecule has 2 aromatic rings.